The molecule has 7 nitrogen and oxygen atoms in total. The van der Waals surface area contributed by atoms with Crippen molar-refractivity contribution in [2.45, 2.75) is 31.8 Å². The van der Waals surface area contributed by atoms with Crippen LogP contribution in [0.3, 0.4) is 0 Å². The molecule has 1 aliphatic carbocycles. The first kappa shape index (κ1) is 10.9. The van der Waals surface area contributed by atoms with Gasteiger partial charge in [-0.3, -0.25) is 4.79 Å². The van der Waals surface area contributed by atoms with E-state index >= 15 is 0 Å². The summed E-state index contributed by atoms with van der Waals surface area (Å²) in [5.74, 6) is 0.429. The number of aromatic nitrogens is 2. The van der Waals surface area contributed by atoms with Crippen LogP contribution in [0, 0.1) is 0 Å². The van der Waals surface area contributed by atoms with Gasteiger partial charge in [-0.25, -0.2) is 0 Å². The monoisotopic (exact) mass is 225 g/mol. The number of rotatable bonds is 6. The number of hydrogen-bond donors (Lipinski definition) is 3. The summed E-state index contributed by atoms with van der Waals surface area (Å²) in [6.07, 6.45) is 2.60. The normalized spacial score (nSPS) is 14.8. The summed E-state index contributed by atoms with van der Waals surface area (Å²) in [4.78, 5) is 11.3. The first-order valence-electron chi connectivity index (χ1n) is 5.33. The number of amides is 1. The predicted molar refractivity (Wildman–Crippen MR) is 56.5 cm³/mol. The van der Waals surface area contributed by atoms with E-state index in [4.69, 9.17) is 10.2 Å². The Morgan fingerprint density at radius 1 is 1.50 bits per heavy atom. The molecule has 1 amide bonds. The summed E-state index contributed by atoms with van der Waals surface area (Å²) in [6, 6.07) is 0.708. The second kappa shape index (κ2) is 4.93. The molecule has 7 heteroatoms. The van der Waals surface area contributed by atoms with E-state index in [2.05, 4.69) is 20.8 Å². The second-order valence-electron chi connectivity index (χ2n) is 3.72. The lowest BCUT2D eigenvalue weighted by molar-refractivity contribution is -0.120. The van der Waals surface area contributed by atoms with Gasteiger partial charge in [-0.2, -0.15) is 0 Å². The molecule has 0 aliphatic heterocycles. The Morgan fingerprint density at radius 3 is 2.94 bits per heavy atom. The van der Waals surface area contributed by atoms with Crippen molar-refractivity contribution in [3.8, 4) is 0 Å². The molecule has 88 valence electrons. The highest BCUT2D eigenvalue weighted by Gasteiger charge is 2.22. The minimum absolute atomic E-state index is 0.0496. The maximum Gasteiger partial charge on any atom is 0.315 e. The highest BCUT2D eigenvalue weighted by molar-refractivity contribution is 5.77. The Balaban J connectivity index is 1.64. The van der Waals surface area contributed by atoms with Crippen molar-refractivity contribution in [3.63, 3.8) is 0 Å². The van der Waals surface area contributed by atoms with Crippen molar-refractivity contribution in [3.05, 3.63) is 5.89 Å². The van der Waals surface area contributed by atoms with Crippen LogP contribution in [0.25, 0.3) is 0 Å². The SMILES string of the molecule is NCc1nnc(NCCC(=O)NC2CC2)o1. The summed E-state index contributed by atoms with van der Waals surface area (Å²) < 4.78 is 5.12. The van der Waals surface area contributed by atoms with Gasteiger partial charge in [0.2, 0.25) is 11.8 Å². The number of carbonyl (C=O) groups excluding carboxylic acids is 1. The third kappa shape index (κ3) is 3.20. The average molecular weight is 225 g/mol. The van der Waals surface area contributed by atoms with Gasteiger partial charge in [0.05, 0.1) is 6.54 Å². The van der Waals surface area contributed by atoms with Crippen LogP contribution in [0.2, 0.25) is 0 Å². The predicted octanol–water partition coefficient (Wildman–Crippen LogP) is -0.391. The largest absolute Gasteiger partial charge is 0.407 e. The zero-order valence-corrected chi connectivity index (χ0v) is 8.90. The van der Waals surface area contributed by atoms with E-state index in [1.165, 1.54) is 0 Å². The molecule has 1 fully saturated rings. The molecule has 1 saturated carbocycles. The minimum Gasteiger partial charge on any atom is -0.407 e. The summed E-state index contributed by atoms with van der Waals surface area (Å²) in [5.41, 5.74) is 5.31. The molecule has 0 atom stereocenters. The lowest BCUT2D eigenvalue weighted by Crippen LogP contribution is -2.27. The zero-order chi connectivity index (χ0) is 11.4. The van der Waals surface area contributed by atoms with Crippen LogP contribution in [-0.4, -0.2) is 28.7 Å². The molecule has 4 N–H and O–H groups in total. The van der Waals surface area contributed by atoms with E-state index in [9.17, 15) is 4.79 Å². The Labute approximate surface area is 92.8 Å². The van der Waals surface area contributed by atoms with Crippen LogP contribution in [0.4, 0.5) is 6.01 Å². The van der Waals surface area contributed by atoms with Crippen molar-refractivity contribution in [1.82, 2.24) is 15.5 Å². The van der Waals surface area contributed by atoms with Crippen LogP contribution >= 0.6 is 0 Å². The summed E-state index contributed by atoms with van der Waals surface area (Å²) in [5, 5.41) is 13.2. The van der Waals surface area contributed by atoms with E-state index in [0.29, 0.717) is 30.9 Å². The molecule has 16 heavy (non-hydrogen) atoms. The smallest absolute Gasteiger partial charge is 0.315 e. The number of nitrogens with one attached hydrogen (secondary N) is 2. The third-order valence-electron chi connectivity index (χ3n) is 2.21. The fraction of sp³-hybridized carbons (Fsp3) is 0.667. The number of nitrogens with two attached hydrogens (primary N) is 1. The Bertz CT molecular complexity index is 361. The highest BCUT2D eigenvalue weighted by atomic mass is 16.4. The fourth-order valence-electron chi connectivity index (χ4n) is 1.22. The van der Waals surface area contributed by atoms with Gasteiger partial charge in [0.1, 0.15) is 0 Å². The number of nitrogens with zero attached hydrogens (tertiary/aromatic N) is 2. The van der Waals surface area contributed by atoms with Crippen LogP contribution in [0.15, 0.2) is 4.42 Å². The van der Waals surface area contributed by atoms with Crippen LogP contribution in [-0.2, 0) is 11.3 Å². The summed E-state index contributed by atoms with van der Waals surface area (Å²) >= 11 is 0. The van der Waals surface area contributed by atoms with Gasteiger partial charge >= 0.3 is 6.01 Å². The van der Waals surface area contributed by atoms with Gasteiger partial charge in [0, 0.05) is 19.0 Å². The second-order valence-corrected chi connectivity index (χ2v) is 3.72. The molecule has 0 unspecified atom stereocenters. The average Bonchev–Trinajstić information content (AvgIpc) is 2.96. The fourth-order valence-corrected chi connectivity index (χ4v) is 1.22. The molecule has 0 aromatic carbocycles. The van der Waals surface area contributed by atoms with Gasteiger partial charge < -0.3 is 20.8 Å². The number of hydrogen-bond acceptors (Lipinski definition) is 6. The van der Waals surface area contributed by atoms with Crippen molar-refractivity contribution >= 4 is 11.9 Å². The van der Waals surface area contributed by atoms with Gasteiger partial charge in [-0.05, 0) is 12.8 Å². The quantitative estimate of drug-likeness (QED) is 0.608. The van der Waals surface area contributed by atoms with Crippen molar-refractivity contribution < 1.29 is 9.21 Å². The lowest BCUT2D eigenvalue weighted by Gasteiger charge is -2.02. The maximum atomic E-state index is 11.3. The van der Waals surface area contributed by atoms with Crippen molar-refractivity contribution in [2.24, 2.45) is 5.73 Å². The molecule has 1 aromatic heterocycles. The van der Waals surface area contributed by atoms with E-state index in [0.717, 1.165) is 12.8 Å². The molecular formula is C9H15N5O2. The van der Waals surface area contributed by atoms with E-state index < -0.39 is 0 Å². The van der Waals surface area contributed by atoms with Gasteiger partial charge in [0.15, 0.2) is 0 Å². The van der Waals surface area contributed by atoms with Crippen molar-refractivity contribution in [1.29, 1.82) is 0 Å². The molecule has 0 saturated heterocycles. The summed E-state index contributed by atoms with van der Waals surface area (Å²) in [6.45, 7) is 0.696. The Morgan fingerprint density at radius 2 is 2.31 bits per heavy atom. The lowest BCUT2D eigenvalue weighted by atomic mass is 10.4. The standard InChI is InChI=1S/C9H15N5O2/c10-5-8-13-14-9(16-8)11-4-3-7(15)12-6-1-2-6/h6H,1-5,10H2,(H,11,14)(H,12,15). The summed E-state index contributed by atoms with van der Waals surface area (Å²) in [7, 11) is 0. The maximum absolute atomic E-state index is 11.3. The Hall–Kier alpha value is -1.63. The molecule has 1 heterocycles. The van der Waals surface area contributed by atoms with E-state index in [-0.39, 0.29) is 12.5 Å². The number of carbonyl (C=O) groups is 1. The third-order valence-corrected chi connectivity index (χ3v) is 2.21. The van der Waals surface area contributed by atoms with Crippen molar-refractivity contribution in [2.75, 3.05) is 11.9 Å². The molecule has 1 aliphatic rings. The van der Waals surface area contributed by atoms with Crippen LogP contribution < -0.4 is 16.4 Å². The topological polar surface area (TPSA) is 106 Å². The molecular weight excluding hydrogens is 210 g/mol. The highest BCUT2D eigenvalue weighted by Crippen LogP contribution is 2.18. The molecule has 0 spiro atoms. The first-order valence-corrected chi connectivity index (χ1v) is 5.33. The van der Waals surface area contributed by atoms with Gasteiger partial charge in [0.25, 0.3) is 0 Å². The molecule has 0 bridgehead atoms. The molecule has 1 aromatic rings. The van der Waals surface area contributed by atoms with E-state index in [1.54, 1.807) is 0 Å². The first-order chi connectivity index (χ1) is 7.78. The van der Waals surface area contributed by atoms with Crippen LogP contribution in [0.5, 0.6) is 0 Å². The van der Waals surface area contributed by atoms with E-state index in [1.807, 2.05) is 0 Å². The zero-order valence-electron chi connectivity index (χ0n) is 8.90. The Kier molecular flexibility index (Phi) is 3.35. The number of anilines is 1. The van der Waals surface area contributed by atoms with Gasteiger partial charge in [-0.15, -0.1) is 5.10 Å². The molecule has 2 rings (SSSR count). The van der Waals surface area contributed by atoms with Crippen LogP contribution in [0.1, 0.15) is 25.2 Å². The molecule has 0 radical (unpaired) electrons. The van der Waals surface area contributed by atoms with Gasteiger partial charge in [-0.1, -0.05) is 5.10 Å². The minimum atomic E-state index is 0.0496.